The Bertz CT molecular complexity index is 558. The van der Waals surface area contributed by atoms with Crippen LogP contribution in [0.4, 0.5) is 0 Å². The molecule has 104 valence electrons. The zero-order valence-electron chi connectivity index (χ0n) is 11.7. The van der Waals surface area contributed by atoms with E-state index in [0.29, 0.717) is 18.2 Å². The van der Waals surface area contributed by atoms with Gasteiger partial charge in [-0.1, -0.05) is 30.3 Å². The lowest BCUT2D eigenvalue weighted by atomic mass is 10.1. The number of furan rings is 1. The fraction of sp³-hybridized carbons (Fsp3) is 0.353. The first-order valence-corrected chi connectivity index (χ1v) is 7.14. The van der Waals surface area contributed by atoms with Crippen molar-refractivity contribution in [1.29, 1.82) is 0 Å². The van der Waals surface area contributed by atoms with Crippen LogP contribution in [0.5, 0.6) is 0 Å². The Morgan fingerprint density at radius 1 is 1.25 bits per heavy atom. The summed E-state index contributed by atoms with van der Waals surface area (Å²) in [5, 5.41) is 0. The van der Waals surface area contributed by atoms with Crippen molar-refractivity contribution in [2.24, 2.45) is 5.92 Å². The van der Waals surface area contributed by atoms with Crippen LogP contribution in [0.15, 0.2) is 53.1 Å². The topological polar surface area (TPSA) is 33.5 Å². The molecule has 0 bridgehead atoms. The van der Waals surface area contributed by atoms with Gasteiger partial charge < -0.3 is 9.32 Å². The molecular weight excluding hydrogens is 250 g/mol. The van der Waals surface area contributed by atoms with Gasteiger partial charge in [-0.15, -0.1) is 0 Å². The number of nitrogens with zero attached hydrogens (tertiary/aromatic N) is 1. The van der Waals surface area contributed by atoms with E-state index in [0.717, 1.165) is 5.56 Å². The van der Waals surface area contributed by atoms with Crippen LogP contribution in [-0.2, 0) is 6.54 Å². The molecule has 3 heteroatoms. The molecule has 1 fully saturated rings. The highest BCUT2D eigenvalue weighted by molar-refractivity contribution is 5.91. The van der Waals surface area contributed by atoms with Gasteiger partial charge in [0.2, 0.25) is 0 Å². The molecule has 0 N–H and O–H groups in total. The summed E-state index contributed by atoms with van der Waals surface area (Å²) in [7, 11) is 0. The molecule has 0 radical (unpaired) electrons. The largest absolute Gasteiger partial charge is 0.459 e. The van der Waals surface area contributed by atoms with Gasteiger partial charge in [-0.25, -0.2) is 0 Å². The fourth-order valence-corrected chi connectivity index (χ4v) is 2.56. The molecule has 0 spiro atoms. The van der Waals surface area contributed by atoms with Gasteiger partial charge in [-0.3, -0.25) is 4.79 Å². The maximum absolute atomic E-state index is 12.6. The molecule has 20 heavy (non-hydrogen) atoms. The highest BCUT2D eigenvalue weighted by atomic mass is 16.3. The summed E-state index contributed by atoms with van der Waals surface area (Å²) in [5.74, 6) is 1.05. The normalized spacial score (nSPS) is 15.8. The molecule has 1 unspecified atom stereocenters. The number of benzene rings is 1. The van der Waals surface area contributed by atoms with Crippen LogP contribution in [-0.4, -0.2) is 16.8 Å². The molecule has 2 aromatic rings. The Kier molecular flexibility index (Phi) is 3.59. The van der Waals surface area contributed by atoms with E-state index in [2.05, 4.69) is 19.1 Å². The third-order valence-corrected chi connectivity index (χ3v) is 3.98. The average molecular weight is 269 g/mol. The van der Waals surface area contributed by atoms with Crippen molar-refractivity contribution >= 4 is 5.91 Å². The van der Waals surface area contributed by atoms with Crippen LogP contribution >= 0.6 is 0 Å². The highest BCUT2D eigenvalue weighted by Crippen LogP contribution is 2.36. The van der Waals surface area contributed by atoms with Gasteiger partial charge in [0.05, 0.1) is 6.26 Å². The number of hydrogen-bond acceptors (Lipinski definition) is 2. The van der Waals surface area contributed by atoms with Crippen LogP contribution in [0.1, 0.15) is 35.9 Å². The molecule has 1 aliphatic carbocycles. The molecule has 1 amide bonds. The predicted molar refractivity (Wildman–Crippen MR) is 77.2 cm³/mol. The van der Waals surface area contributed by atoms with E-state index in [1.54, 1.807) is 18.4 Å². The lowest BCUT2D eigenvalue weighted by Crippen LogP contribution is -2.39. The first-order chi connectivity index (χ1) is 9.75. The molecule has 1 atom stereocenters. The number of rotatable bonds is 5. The fourth-order valence-electron chi connectivity index (χ4n) is 2.56. The third-order valence-electron chi connectivity index (χ3n) is 3.98. The summed E-state index contributed by atoms with van der Waals surface area (Å²) in [6.07, 6.45) is 3.99. The number of carbonyl (C=O) groups is 1. The van der Waals surface area contributed by atoms with Crippen molar-refractivity contribution in [2.75, 3.05) is 0 Å². The zero-order valence-corrected chi connectivity index (χ0v) is 11.7. The molecule has 0 aliphatic heterocycles. The molecule has 3 nitrogen and oxygen atoms in total. The minimum atomic E-state index is -0.0155. The summed E-state index contributed by atoms with van der Waals surface area (Å²) in [4.78, 5) is 14.6. The van der Waals surface area contributed by atoms with Gasteiger partial charge in [0.15, 0.2) is 5.76 Å². The standard InChI is InChI=1S/C17H19NO2/c1-13(15-9-10-15)18(12-14-6-3-2-4-7-14)17(19)16-8-5-11-20-16/h2-8,11,13,15H,9-10,12H2,1H3. The van der Waals surface area contributed by atoms with Crippen molar-refractivity contribution < 1.29 is 9.21 Å². The molecule has 1 saturated carbocycles. The van der Waals surface area contributed by atoms with Gasteiger partial charge in [0.1, 0.15) is 0 Å². The summed E-state index contributed by atoms with van der Waals surface area (Å²) in [6.45, 7) is 2.78. The van der Waals surface area contributed by atoms with Crippen molar-refractivity contribution in [1.82, 2.24) is 4.90 Å². The second kappa shape index (κ2) is 5.53. The quantitative estimate of drug-likeness (QED) is 0.829. The molecule has 1 aromatic carbocycles. The van der Waals surface area contributed by atoms with E-state index in [4.69, 9.17) is 4.42 Å². The van der Waals surface area contributed by atoms with E-state index in [1.807, 2.05) is 23.1 Å². The van der Waals surface area contributed by atoms with Crippen LogP contribution in [0.2, 0.25) is 0 Å². The molecule has 1 aromatic heterocycles. The van der Waals surface area contributed by atoms with Crippen LogP contribution in [0.25, 0.3) is 0 Å². The van der Waals surface area contributed by atoms with E-state index >= 15 is 0 Å². The van der Waals surface area contributed by atoms with Crippen molar-refractivity contribution in [2.45, 2.75) is 32.4 Å². The minimum Gasteiger partial charge on any atom is -0.459 e. The van der Waals surface area contributed by atoms with Gasteiger partial charge in [-0.05, 0) is 43.4 Å². The maximum Gasteiger partial charge on any atom is 0.290 e. The first kappa shape index (κ1) is 13.0. The van der Waals surface area contributed by atoms with Crippen molar-refractivity contribution in [3.05, 3.63) is 60.1 Å². The third kappa shape index (κ3) is 2.77. The number of hydrogen-bond donors (Lipinski definition) is 0. The second-order valence-electron chi connectivity index (χ2n) is 5.47. The lowest BCUT2D eigenvalue weighted by molar-refractivity contribution is 0.0621. The van der Waals surface area contributed by atoms with Gasteiger partial charge in [0, 0.05) is 12.6 Å². The predicted octanol–water partition coefficient (Wildman–Crippen LogP) is 3.72. The summed E-state index contributed by atoms with van der Waals surface area (Å²) >= 11 is 0. The Hall–Kier alpha value is -2.03. The molecule has 3 rings (SSSR count). The summed E-state index contributed by atoms with van der Waals surface area (Å²) < 4.78 is 5.27. The van der Waals surface area contributed by atoms with Gasteiger partial charge in [-0.2, -0.15) is 0 Å². The second-order valence-corrected chi connectivity index (χ2v) is 5.47. The molecular formula is C17H19NO2. The minimum absolute atomic E-state index is 0.0155. The van der Waals surface area contributed by atoms with Crippen molar-refractivity contribution in [3.63, 3.8) is 0 Å². The average Bonchev–Trinajstić information content (AvgIpc) is 3.19. The Labute approximate surface area is 119 Å². The zero-order chi connectivity index (χ0) is 13.9. The Morgan fingerprint density at radius 2 is 2.00 bits per heavy atom. The van der Waals surface area contributed by atoms with Gasteiger partial charge in [0.25, 0.3) is 5.91 Å². The number of carbonyl (C=O) groups excluding carboxylic acids is 1. The lowest BCUT2D eigenvalue weighted by Gasteiger charge is -2.28. The van der Waals surface area contributed by atoms with Crippen LogP contribution in [0, 0.1) is 5.92 Å². The highest BCUT2D eigenvalue weighted by Gasteiger charge is 2.35. The summed E-state index contributed by atoms with van der Waals surface area (Å²) in [5.41, 5.74) is 1.15. The monoisotopic (exact) mass is 269 g/mol. The molecule has 0 saturated heterocycles. The Balaban J connectivity index is 1.82. The van der Waals surface area contributed by atoms with Crippen LogP contribution in [0.3, 0.4) is 0 Å². The smallest absolute Gasteiger partial charge is 0.290 e. The van der Waals surface area contributed by atoms with E-state index in [-0.39, 0.29) is 11.9 Å². The van der Waals surface area contributed by atoms with Crippen molar-refractivity contribution in [3.8, 4) is 0 Å². The van der Waals surface area contributed by atoms with E-state index < -0.39 is 0 Å². The molecule has 1 heterocycles. The van der Waals surface area contributed by atoms with E-state index in [1.165, 1.54) is 12.8 Å². The maximum atomic E-state index is 12.6. The number of amides is 1. The van der Waals surface area contributed by atoms with Gasteiger partial charge >= 0.3 is 0 Å². The van der Waals surface area contributed by atoms with E-state index in [9.17, 15) is 4.79 Å². The molecule has 1 aliphatic rings. The van der Waals surface area contributed by atoms with Crippen LogP contribution < -0.4 is 0 Å². The Morgan fingerprint density at radius 3 is 2.60 bits per heavy atom. The summed E-state index contributed by atoms with van der Waals surface area (Å²) in [6, 6.07) is 13.9. The first-order valence-electron chi connectivity index (χ1n) is 7.14. The SMILES string of the molecule is CC(C1CC1)N(Cc1ccccc1)C(=O)c1ccco1.